The summed E-state index contributed by atoms with van der Waals surface area (Å²) < 4.78 is 0. The highest BCUT2D eigenvalue weighted by atomic mass is 32.2. The van der Waals surface area contributed by atoms with Gasteiger partial charge in [-0.25, -0.2) is 0 Å². The summed E-state index contributed by atoms with van der Waals surface area (Å²) in [4.78, 5) is 41.2. The van der Waals surface area contributed by atoms with E-state index in [1.807, 2.05) is 23.1 Å². The van der Waals surface area contributed by atoms with Crippen LogP contribution in [0.1, 0.15) is 56.1 Å². The van der Waals surface area contributed by atoms with Crippen LogP contribution in [0.4, 0.5) is 0 Å². The molecule has 2 saturated heterocycles. The van der Waals surface area contributed by atoms with Crippen molar-refractivity contribution < 1.29 is 14.4 Å². The van der Waals surface area contributed by atoms with Crippen molar-refractivity contribution >= 4 is 29.4 Å². The van der Waals surface area contributed by atoms with Gasteiger partial charge in [-0.05, 0) is 68.0 Å². The number of rotatable bonds is 10. The predicted molar refractivity (Wildman–Crippen MR) is 140 cm³/mol. The Labute approximate surface area is 213 Å². The van der Waals surface area contributed by atoms with Gasteiger partial charge in [0, 0.05) is 48.7 Å². The largest absolute Gasteiger partial charge is 0.350 e. The SMILES string of the molecule is CSc1ccc(C[C@]2(CCC(=O)N3CCC[C@H](C(=O)CCc4ccccc4)C3)CCC(=O)N2)cc1. The van der Waals surface area contributed by atoms with E-state index >= 15 is 0 Å². The van der Waals surface area contributed by atoms with Crippen molar-refractivity contribution in [3.63, 3.8) is 0 Å². The minimum atomic E-state index is -0.367. The quantitative estimate of drug-likeness (QED) is 0.483. The first-order chi connectivity index (χ1) is 17.0. The molecule has 2 aromatic carbocycles. The van der Waals surface area contributed by atoms with Gasteiger partial charge in [-0.1, -0.05) is 42.5 Å². The Bertz CT molecular complexity index is 1020. The summed E-state index contributed by atoms with van der Waals surface area (Å²) in [6.07, 6.45) is 8.11. The Balaban J connectivity index is 1.31. The molecular formula is C29H36N2O3S. The number of thioether (sulfide) groups is 1. The fourth-order valence-corrected chi connectivity index (χ4v) is 5.81. The van der Waals surface area contributed by atoms with Gasteiger partial charge in [0.2, 0.25) is 11.8 Å². The highest BCUT2D eigenvalue weighted by molar-refractivity contribution is 7.98. The van der Waals surface area contributed by atoms with Crippen LogP contribution in [0.2, 0.25) is 0 Å². The lowest BCUT2D eigenvalue weighted by molar-refractivity contribution is -0.135. The van der Waals surface area contributed by atoms with Crippen LogP contribution in [-0.2, 0) is 27.2 Å². The van der Waals surface area contributed by atoms with Gasteiger partial charge in [0.15, 0.2) is 0 Å². The number of aryl methyl sites for hydroxylation is 1. The maximum absolute atomic E-state index is 13.2. The van der Waals surface area contributed by atoms with Gasteiger partial charge in [-0.15, -0.1) is 11.8 Å². The van der Waals surface area contributed by atoms with Gasteiger partial charge in [0.1, 0.15) is 5.78 Å². The summed E-state index contributed by atoms with van der Waals surface area (Å²) in [7, 11) is 0. The number of Topliss-reactive ketones (excluding diaryl/α,β-unsaturated/α-hetero) is 1. The molecule has 2 aliphatic heterocycles. The van der Waals surface area contributed by atoms with E-state index in [4.69, 9.17) is 0 Å². The van der Waals surface area contributed by atoms with Crippen LogP contribution in [-0.4, -0.2) is 47.4 Å². The smallest absolute Gasteiger partial charge is 0.222 e. The summed E-state index contributed by atoms with van der Waals surface area (Å²) in [5, 5.41) is 3.19. The fraction of sp³-hybridized carbons (Fsp3) is 0.483. The van der Waals surface area contributed by atoms with E-state index in [0.717, 1.165) is 38.6 Å². The van der Waals surface area contributed by atoms with Crippen LogP contribution < -0.4 is 5.32 Å². The van der Waals surface area contributed by atoms with E-state index in [-0.39, 0.29) is 29.1 Å². The molecule has 2 atom stereocenters. The molecule has 35 heavy (non-hydrogen) atoms. The maximum Gasteiger partial charge on any atom is 0.222 e. The Morgan fingerprint density at radius 2 is 1.83 bits per heavy atom. The van der Waals surface area contributed by atoms with Crippen molar-refractivity contribution in [3.05, 3.63) is 65.7 Å². The highest BCUT2D eigenvalue weighted by Gasteiger charge is 2.38. The molecule has 2 amide bonds. The van der Waals surface area contributed by atoms with Crippen molar-refractivity contribution in [2.24, 2.45) is 5.92 Å². The third-order valence-electron chi connectivity index (χ3n) is 7.49. The molecule has 0 aliphatic carbocycles. The molecule has 2 heterocycles. The Morgan fingerprint density at radius 1 is 1.06 bits per heavy atom. The lowest BCUT2D eigenvalue weighted by Gasteiger charge is -2.34. The van der Waals surface area contributed by atoms with E-state index in [1.165, 1.54) is 16.0 Å². The number of carbonyl (C=O) groups excluding carboxylic acids is 3. The number of ketones is 1. The number of carbonyl (C=O) groups is 3. The van der Waals surface area contributed by atoms with Crippen molar-refractivity contribution in [1.82, 2.24) is 10.2 Å². The second kappa shape index (κ2) is 11.9. The van der Waals surface area contributed by atoms with Gasteiger partial charge >= 0.3 is 0 Å². The first-order valence-electron chi connectivity index (χ1n) is 12.7. The van der Waals surface area contributed by atoms with Crippen molar-refractivity contribution in [2.45, 2.75) is 68.2 Å². The average Bonchev–Trinajstić information content (AvgIpc) is 3.27. The van der Waals surface area contributed by atoms with Crippen LogP contribution in [0, 0.1) is 5.92 Å². The zero-order valence-corrected chi connectivity index (χ0v) is 21.4. The van der Waals surface area contributed by atoms with E-state index in [1.54, 1.807) is 11.8 Å². The summed E-state index contributed by atoms with van der Waals surface area (Å²) in [5.74, 6) is 0.370. The van der Waals surface area contributed by atoms with Crippen molar-refractivity contribution in [3.8, 4) is 0 Å². The normalized spacial score (nSPS) is 22.1. The third-order valence-corrected chi connectivity index (χ3v) is 8.23. The topological polar surface area (TPSA) is 66.5 Å². The fourth-order valence-electron chi connectivity index (χ4n) is 5.40. The van der Waals surface area contributed by atoms with Gasteiger partial charge in [0.05, 0.1) is 0 Å². The van der Waals surface area contributed by atoms with Crippen LogP contribution in [0.25, 0.3) is 0 Å². The number of benzene rings is 2. The molecular weight excluding hydrogens is 456 g/mol. The monoisotopic (exact) mass is 492 g/mol. The molecule has 5 nitrogen and oxygen atoms in total. The number of likely N-dealkylation sites (tertiary alicyclic amines) is 1. The zero-order valence-electron chi connectivity index (χ0n) is 20.6. The summed E-state index contributed by atoms with van der Waals surface area (Å²) in [6, 6.07) is 18.6. The Hall–Kier alpha value is -2.60. The second-order valence-corrected chi connectivity index (χ2v) is 10.9. The molecule has 6 heteroatoms. The molecule has 1 N–H and O–H groups in total. The van der Waals surface area contributed by atoms with Crippen LogP contribution in [0.3, 0.4) is 0 Å². The molecule has 2 fully saturated rings. The highest BCUT2D eigenvalue weighted by Crippen LogP contribution is 2.31. The van der Waals surface area contributed by atoms with Crippen molar-refractivity contribution in [1.29, 1.82) is 0 Å². The Kier molecular flexibility index (Phi) is 8.66. The third kappa shape index (κ3) is 6.97. The second-order valence-electron chi connectivity index (χ2n) is 9.98. The van der Waals surface area contributed by atoms with E-state index in [9.17, 15) is 14.4 Å². The molecule has 0 unspecified atom stereocenters. The minimum Gasteiger partial charge on any atom is -0.350 e. The summed E-state index contributed by atoms with van der Waals surface area (Å²) in [6.45, 7) is 1.25. The average molecular weight is 493 g/mol. The van der Waals surface area contributed by atoms with Crippen molar-refractivity contribution in [2.75, 3.05) is 19.3 Å². The standard InChI is InChI=1S/C29H36N2O3S/c1-35-25-12-9-23(10-13-25)20-29(17-15-27(33)30-29)18-16-28(34)31-19-5-8-24(21-31)26(32)14-11-22-6-3-2-4-7-22/h2-4,6-7,9-10,12-13,24H,5,8,11,14-21H2,1H3,(H,30,33)/t24-,29+/m0/s1. The molecule has 0 bridgehead atoms. The lowest BCUT2D eigenvalue weighted by Crippen LogP contribution is -2.46. The summed E-state index contributed by atoms with van der Waals surface area (Å²) >= 11 is 1.71. The molecule has 2 aliphatic rings. The van der Waals surface area contributed by atoms with Crippen LogP contribution in [0.15, 0.2) is 59.5 Å². The summed E-state index contributed by atoms with van der Waals surface area (Å²) in [5.41, 5.74) is 1.99. The molecule has 0 spiro atoms. The lowest BCUT2D eigenvalue weighted by atomic mass is 9.84. The maximum atomic E-state index is 13.2. The molecule has 0 saturated carbocycles. The number of amides is 2. The van der Waals surface area contributed by atoms with Gasteiger partial charge in [0.25, 0.3) is 0 Å². The first kappa shape index (κ1) is 25.5. The predicted octanol–water partition coefficient (Wildman–Crippen LogP) is 4.82. The van der Waals surface area contributed by atoms with E-state index < -0.39 is 0 Å². The molecule has 0 aromatic heterocycles. The van der Waals surface area contributed by atoms with Crippen LogP contribution in [0.5, 0.6) is 0 Å². The number of hydrogen-bond acceptors (Lipinski definition) is 4. The first-order valence-corrected chi connectivity index (χ1v) is 14.0. The van der Waals surface area contributed by atoms with E-state index in [0.29, 0.717) is 32.2 Å². The number of piperidine rings is 1. The zero-order chi connectivity index (χ0) is 24.7. The number of nitrogens with one attached hydrogen (secondary N) is 1. The van der Waals surface area contributed by atoms with Gasteiger partial charge < -0.3 is 10.2 Å². The van der Waals surface area contributed by atoms with E-state index in [2.05, 4.69) is 48.0 Å². The molecule has 186 valence electrons. The minimum absolute atomic E-state index is 0.0634. The molecule has 4 rings (SSSR count). The van der Waals surface area contributed by atoms with Crippen LogP contribution >= 0.6 is 11.8 Å². The number of hydrogen-bond donors (Lipinski definition) is 1. The van der Waals surface area contributed by atoms with Gasteiger partial charge in [-0.3, -0.25) is 14.4 Å². The Morgan fingerprint density at radius 3 is 2.51 bits per heavy atom. The molecule has 0 radical (unpaired) electrons. The van der Waals surface area contributed by atoms with Gasteiger partial charge in [-0.2, -0.15) is 0 Å². The molecule has 2 aromatic rings. The number of nitrogens with zero attached hydrogens (tertiary/aromatic N) is 1.